The zero-order valence-corrected chi connectivity index (χ0v) is 10.9. The Morgan fingerprint density at radius 2 is 1.82 bits per heavy atom. The van der Waals surface area contributed by atoms with Crippen LogP contribution in [0.2, 0.25) is 0 Å². The third-order valence-corrected chi connectivity index (χ3v) is 2.45. The minimum atomic E-state index is 0.567. The number of halogens is 1. The van der Waals surface area contributed by atoms with Gasteiger partial charge in [-0.15, -0.1) is 0 Å². The molecule has 0 atom stereocenters. The Morgan fingerprint density at radius 3 is 2.41 bits per heavy atom. The van der Waals surface area contributed by atoms with Gasteiger partial charge in [-0.3, -0.25) is 0 Å². The SMILES string of the molecule is CCOc1ccc(Nc2ncc(Br)cn2)cc1. The second-order valence-corrected chi connectivity index (χ2v) is 4.22. The fourth-order valence-electron chi connectivity index (χ4n) is 1.31. The lowest BCUT2D eigenvalue weighted by Gasteiger charge is -2.06. The average molecular weight is 294 g/mol. The summed E-state index contributed by atoms with van der Waals surface area (Å²) in [5.74, 6) is 1.42. The van der Waals surface area contributed by atoms with E-state index >= 15 is 0 Å². The normalized spacial score (nSPS) is 10.0. The first kappa shape index (κ1) is 11.9. The van der Waals surface area contributed by atoms with Crippen LogP contribution in [0.1, 0.15) is 6.92 Å². The molecule has 1 N–H and O–H groups in total. The molecule has 88 valence electrons. The van der Waals surface area contributed by atoms with Crippen LogP contribution in [0, 0.1) is 0 Å². The summed E-state index contributed by atoms with van der Waals surface area (Å²) in [6.07, 6.45) is 3.40. The van der Waals surface area contributed by atoms with Crippen molar-refractivity contribution >= 4 is 27.6 Å². The number of hydrogen-bond acceptors (Lipinski definition) is 4. The van der Waals surface area contributed by atoms with E-state index in [9.17, 15) is 0 Å². The van der Waals surface area contributed by atoms with Crippen molar-refractivity contribution in [1.29, 1.82) is 0 Å². The highest BCUT2D eigenvalue weighted by Crippen LogP contribution is 2.18. The third-order valence-electron chi connectivity index (χ3n) is 2.04. The van der Waals surface area contributed by atoms with Gasteiger partial charge in [0.25, 0.3) is 0 Å². The van der Waals surface area contributed by atoms with Crippen LogP contribution in [0.15, 0.2) is 41.1 Å². The molecule has 2 rings (SSSR count). The molecule has 1 aromatic heterocycles. The van der Waals surface area contributed by atoms with E-state index in [4.69, 9.17) is 4.74 Å². The summed E-state index contributed by atoms with van der Waals surface area (Å²) < 4.78 is 6.22. The van der Waals surface area contributed by atoms with Crippen LogP contribution < -0.4 is 10.1 Å². The Hall–Kier alpha value is -1.62. The molecule has 2 aromatic rings. The first-order valence-electron chi connectivity index (χ1n) is 5.25. The number of aromatic nitrogens is 2. The van der Waals surface area contributed by atoms with E-state index in [1.165, 1.54) is 0 Å². The van der Waals surface area contributed by atoms with E-state index in [0.29, 0.717) is 12.6 Å². The van der Waals surface area contributed by atoms with Gasteiger partial charge in [0.15, 0.2) is 0 Å². The predicted molar refractivity (Wildman–Crippen MR) is 70.6 cm³/mol. The molecule has 0 fully saturated rings. The van der Waals surface area contributed by atoms with Gasteiger partial charge in [-0.25, -0.2) is 9.97 Å². The van der Waals surface area contributed by atoms with Crippen molar-refractivity contribution in [2.24, 2.45) is 0 Å². The Kier molecular flexibility index (Phi) is 3.93. The van der Waals surface area contributed by atoms with Gasteiger partial charge in [0.1, 0.15) is 5.75 Å². The summed E-state index contributed by atoms with van der Waals surface area (Å²) in [4.78, 5) is 8.26. The summed E-state index contributed by atoms with van der Waals surface area (Å²) in [5, 5.41) is 3.10. The monoisotopic (exact) mass is 293 g/mol. The van der Waals surface area contributed by atoms with Crippen LogP contribution in [-0.2, 0) is 0 Å². The molecule has 0 aliphatic heterocycles. The van der Waals surface area contributed by atoms with Gasteiger partial charge in [-0.1, -0.05) is 0 Å². The zero-order valence-electron chi connectivity index (χ0n) is 9.35. The highest BCUT2D eigenvalue weighted by molar-refractivity contribution is 9.10. The summed E-state index contributed by atoms with van der Waals surface area (Å²) in [7, 11) is 0. The second kappa shape index (κ2) is 5.63. The van der Waals surface area contributed by atoms with Crippen molar-refractivity contribution in [3.05, 3.63) is 41.1 Å². The van der Waals surface area contributed by atoms with E-state index in [1.54, 1.807) is 12.4 Å². The van der Waals surface area contributed by atoms with E-state index in [0.717, 1.165) is 15.9 Å². The molecule has 0 saturated heterocycles. The average Bonchev–Trinajstić information content (AvgIpc) is 2.35. The van der Waals surface area contributed by atoms with Crippen molar-refractivity contribution in [3.8, 4) is 5.75 Å². The summed E-state index contributed by atoms with van der Waals surface area (Å²) in [6, 6.07) is 7.67. The smallest absolute Gasteiger partial charge is 0.227 e. The number of nitrogens with zero attached hydrogens (tertiary/aromatic N) is 2. The van der Waals surface area contributed by atoms with Crippen molar-refractivity contribution in [2.75, 3.05) is 11.9 Å². The van der Waals surface area contributed by atoms with Crippen LogP contribution in [0.4, 0.5) is 11.6 Å². The Morgan fingerprint density at radius 1 is 1.18 bits per heavy atom. The molecule has 5 heteroatoms. The first-order chi connectivity index (χ1) is 8.28. The van der Waals surface area contributed by atoms with Gasteiger partial charge in [0, 0.05) is 18.1 Å². The quantitative estimate of drug-likeness (QED) is 0.939. The minimum Gasteiger partial charge on any atom is -0.494 e. The zero-order chi connectivity index (χ0) is 12.1. The molecule has 0 aliphatic rings. The number of rotatable bonds is 4. The lowest BCUT2D eigenvalue weighted by atomic mass is 10.3. The molecule has 0 aliphatic carbocycles. The van der Waals surface area contributed by atoms with Gasteiger partial charge >= 0.3 is 0 Å². The van der Waals surface area contributed by atoms with E-state index in [-0.39, 0.29) is 0 Å². The molecular weight excluding hydrogens is 282 g/mol. The van der Waals surface area contributed by atoms with Crippen molar-refractivity contribution in [2.45, 2.75) is 6.92 Å². The number of anilines is 2. The lowest BCUT2D eigenvalue weighted by Crippen LogP contribution is -1.96. The van der Waals surface area contributed by atoms with E-state index in [2.05, 4.69) is 31.2 Å². The molecule has 0 unspecified atom stereocenters. The maximum Gasteiger partial charge on any atom is 0.227 e. The second-order valence-electron chi connectivity index (χ2n) is 3.31. The van der Waals surface area contributed by atoms with Crippen molar-refractivity contribution < 1.29 is 4.74 Å². The number of ether oxygens (including phenoxy) is 1. The third kappa shape index (κ3) is 3.42. The lowest BCUT2D eigenvalue weighted by molar-refractivity contribution is 0.340. The maximum absolute atomic E-state index is 5.36. The molecule has 4 nitrogen and oxygen atoms in total. The van der Waals surface area contributed by atoms with E-state index < -0.39 is 0 Å². The topological polar surface area (TPSA) is 47.0 Å². The molecule has 0 spiro atoms. The largest absolute Gasteiger partial charge is 0.494 e. The Labute approximate surface area is 108 Å². The van der Waals surface area contributed by atoms with Gasteiger partial charge in [-0.2, -0.15) is 0 Å². The molecule has 1 aromatic carbocycles. The molecular formula is C12H12BrN3O. The standard InChI is InChI=1S/C12H12BrN3O/c1-2-17-11-5-3-10(4-6-11)16-12-14-7-9(13)8-15-12/h3-8H,2H2,1H3,(H,14,15,16). The molecule has 0 bridgehead atoms. The number of hydrogen-bond donors (Lipinski definition) is 1. The molecule has 17 heavy (non-hydrogen) atoms. The predicted octanol–water partition coefficient (Wildman–Crippen LogP) is 3.38. The number of nitrogens with one attached hydrogen (secondary N) is 1. The van der Waals surface area contributed by atoms with Gasteiger partial charge in [0.05, 0.1) is 11.1 Å². The molecule has 1 heterocycles. The first-order valence-corrected chi connectivity index (χ1v) is 6.04. The van der Waals surface area contributed by atoms with Crippen molar-refractivity contribution in [1.82, 2.24) is 9.97 Å². The van der Waals surface area contributed by atoms with Gasteiger partial charge in [0.2, 0.25) is 5.95 Å². The minimum absolute atomic E-state index is 0.567. The highest BCUT2D eigenvalue weighted by atomic mass is 79.9. The molecule has 0 saturated carbocycles. The summed E-state index contributed by atoms with van der Waals surface area (Å²) in [6.45, 7) is 2.63. The Bertz CT molecular complexity index is 470. The van der Waals surface area contributed by atoms with Crippen LogP contribution in [0.3, 0.4) is 0 Å². The fraction of sp³-hybridized carbons (Fsp3) is 0.167. The van der Waals surface area contributed by atoms with Crippen molar-refractivity contribution in [3.63, 3.8) is 0 Å². The van der Waals surface area contributed by atoms with Gasteiger partial charge < -0.3 is 10.1 Å². The summed E-state index contributed by atoms with van der Waals surface area (Å²) >= 11 is 3.29. The Balaban J connectivity index is 2.05. The van der Waals surface area contributed by atoms with Crippen LogP contribution in [0.25, 0.3) is 0 Å². The number of benzene rings is 1. The fourth-order valence-corrected chi connectivity index (χ4v) is 1.51. The summed E-state index contributed by atoms with van der Waals surface area (Å²) in [5.41, 5.74) is 0.927. The van der Waals surface area contributed by atoms with Crippen LogP contribution >= 0.6 is 15.9 Å². The van der Waals surface area contributed by atoms with Crippen LogP contribution in [0.5, 0.6) is 5.75 Å². The molecule has 0 amide bonds. The highest BCUT2D eigenvalue weighted by Gasteiger charge is 1.98. The molecule has 0 radical (unpaired) electrons. The maximum atomic E-state index is 5.36. The van der Waals surface area contributed by atoms with Crippen LogP contribution in [-0.4, -0.2) is 16.6 Å². The van der Waals surface area contributed by atoms with Gasteiger partial charge in [-0.05, 0) is 47.1 Å². The van der Waals surface area contributed by atoms with E-state index in [1.807, 2.05) is 31.2 Å².